The Morgan fingerprint density at radius 1 is 1.15 bits per heavy atom. The number of rotatable bonds is 8. The molecule has 1 aromatic rings. The van der Waals surface area contributed by atoms with Crippen LogP contribution in [0.5, 0.6) is 0 Å². The molecule has 0 bridgehead atoms. The van der Waals surface area contributed by atoms with E-state index in [-0.39, 0.29) is 0 Å². The number of aromatic nitrogens is 2. The fourth-order valence-electron chi connectivity index (χ4n) is 3.84. The molecule has 6 nitrogen and oxygen atoms in total. The second-order valence-corrected chi connectivity index (χ2v) is 7.46. The van der Waals surface area contributed by atoms with Crippen LogP contribution in [0, 0.1) is 5.92 Å². The van der Waals surface area contributed by atoms with Crippen molar-refractivity contribution >= 4 is 12.4 Å². The summed E-state index contributed by atoms with van der Waals surface area (Å²) in [5.41, 5.74) is 2.38. The van der Waals surface area contributed by atoms with Crippen LogP contribution in [-0.2, 0) is 13.0 Å². The third-order valence-electron chi connectivity index (χ3n) is 5.49. The van der Waals surface area contributed by atoms with Gasteiger partial charge in [0, 0.05) is 48.8 Å². The molecular formula is C21H32N6. The number of aliphatic imine (C=N–C) groups is 2. The molecule has 0 unspecified atom stereocenters. The van der Waals surface area contributed by atoms with Crippen LogP contribution < -0.4 is 0 Å². The topological polar surface area (TPSA) is 57.0 Å². The molecule has 0 aromatic carbocycles. The van der Waals surface area contributed by atoms with E-state index in [1.54, 1.807) is 6.20 Å². The van der Waals surface area contributed by atoms with Crippen LogP contribution in [0.15, 0.2) is 34.7 Å². The van der Waals surface area contributed by atoms with Gasteiger partial charge in [0.15, 0.2) is 0 Å². The zero-order chi connectivity index (χ0) is 18.9. The maximum Gasteiger partial charge on any atom is 0.127 e. The third-order valence-corrected chi connectivity index (χ3v) is 5.49. The van der Waals surface area contributed by atoms with Crippen LogP contribution in [0.1, 0.15) is 44.0 Å². The van der Waals surface area contributed by atoms with Crippen LogP contribution in [0.3, 0.4) is 0 Å². The van der Waals surface area contributed by atoms with Crippen molar-refractivity contribution in [2.24, 2.45) is 15.9 Å². The molecule has 2 aliphatic heterocycles. The Bertz CT molecular complexity index is 637. The normalized spacial score (nSPS) is 20.6. The Hall–Kier alpha value is -1.92. The van der Waals surface area contributed by atoms with E-state index in [4.69, 9.17) is 4.99 Å². The van der Waals surface area contributed by atoms with Gasteiger partial charge in [0.1, 0.15) is 5.82 Å². The molecule has 0 radical (unpaired) electrons. The smallest absolute Gasteiger partial charge is 0.127 e. The molecule has 146 valence electrons. The number of allylic oxidation sites excluding steroid dienone is 1. The van der Waals surface area contributed by atoms with E-state index in [1.807, 2.05) is 12.4 Å². The van der Waals surface area contributed by atoms with Crippen molar-refractivity contribution in [1.29, 1.82) is 0 Å². The molecule has 0 amide bonds. The van der Waals surface area contributed by atoms with Gasteiger partial charge in [0.25, 0.3) is 0 Å². The number of piperidine rings is 1. The number of hydrogen-bond donors (Lipinski definition) is 0. The monoisotopic (exact) mass is 368 g/mol. The van der Waals surface area contributed by atoms with E-state index in [1.165, 1.54) is 37.2 Å². The van der Waals surface area contributed by atoms with E-state index in [2.05, 4.69) is 44.5 Å². The summed E-state index contributed by atoms with van der Waals surface area (Å²) in [6.07, 6.45) is 13.5. The van der Waals surface area contributed by atoms with E-state index in [0.29, 0.717) is 5.92 Å². The van der Waals surface area contributed by atoms with Crippen LogP contribution in [0.2, 0.25) is 0 Å². The zero-order valence-corrected chi connectivity index (χ0v) is 16.6. The molecule has 0 saturated carbocycles. The molecule has 1 aromatic heterocycles. The van der Waals surface area contributed by atoms with Gasteiger partial charge in [0.05, 0.1) is 6.67 Å². The van der Waals surface area contributed by atoms with Crippen molar-refractivity contribution in [3.63, 3.8) is 0 Å². The fourth-order valence-corrected chi connectivity index (χ4v) is 3.84. The highest BCUT2D eigenvalue weighted by molar-refractivity contribution is 5.97. The summed E-state index contributed by atoms with van der Waals surface area (Å²) >= 11 is 0. The largest absolute Gasteiger partial charge is 0.299 e. The summed E-state index contributed by atoms with van der Waals surface area (Å²) in [6, 6.07) is 0. The Morgan fingerprint density at radius 3 is 2.48 bits per heavy atom. The molecule has 3 heterocycles. The molecule has 2 saturated heterocycles. The fraction of sp³-hybridized carbons (Fsp3) is 0.619. The van der Waals surface area contributed by atoms with Gasteiger partial charge in [0.2, 0.25) is 0 Å². The van der Waals surface area contributed by atoms with Gasteiger partial charge in [-0.2, -0.15) is 0 Å². The van der Waals surface area contributed by atoms with Crippen LogP contribution in [0.25, 0.3) is 0 Å². The Morgan fingerprint density at radius 2 is 1.85 bits per heavy atom. The Labute approximate surface area is 163 Å². The lowest BCUT2D eigenvalue weighted by molar-refractivity contribution is 0.201. The van der Waals surface area contributed by atoms with Gasteiger partial charge in [-0.25, -0.2) is 9.97 Å². The highest BCUT2D eigenvalue weighted by Crippen LogP contribution is 2.21. The van der Waals surface area contributed by atoms with E-state index >= 15 is 0 Å². The molecule has 0 atom stereocenters. The number of aryl methyl sites for hydroxylation is 1. The lowest BCUT2D eigenvalue weighted by Gasteiger charge is -2.32. The van der Waals surface area contributed by atoms with Gasteiger partial charge in [-0.15, -0.1) is 0 Å². The molecule has 3 rings (SSSR count). The summed E-state index contributed by atoms with van der Waals surface area (Å²) in [4.78, 5) is 22.6. The second kappa shape index (κ2) is 10.4. The van der Waals surface area contributed by atoms with Gasteiger partial charge < -0.3 is 0 Å². The minimum atomic E-state index is 0.514. The minimum absolute atomic E-state index is 0.514. The average Bonchev–Trinajstić information content (AvgIpc) is 3.23. The molecule has 0 aliphatic carbocycles. The third kappa shape index (κ3) is 6.04. The number of hydrogen-bond acceptors (Lipinski definition) is 6. The van der Waals surface area contributed by atoms with Gasteiger partial charge in [-0.3, -0.25) is 19.8 Å². The van der Waals surface area contributed by atoms with Gasteiger partial charge in [-0.1, -0.05) is 6.92 Å². The van der Waals surface area contributed by atoms with Crippen molar-refractivity contribution in [1.82, 2.24) is 19.8 Å². The lowest BCUT2D eigenvalue weighted by atomic mass is 9.91. The summed E-state index contributed by atoms with van der Waals surface area (Å²) < 4.78 is 0. The predicted molar refractivity (Wildman–Crippen MR) is 111 cm³/mol. The van der Waals surface area contributed by atoms with Crippen LogP contribution >= 0.6 is 0 Å². The quantitative estimate of drug-likeness (QED) is 0.662. The van der Waals surface area contributed by atoms with Crippen molar-refractivity contribution in [2.75, 3.05) is 32.8 Å². The minimum Gasteiger partial charge on any atom is -0.299 e. The average molecular weight is 369 g/mol. The van der Waals surface area contributed by atoms with E-state index in [0.717, 1.165) is 51.4 Å². The highest BCUT2D eigenvalue weighted by atomic mass is 15.2. The first kappa shape index (κ1) is 19.8. The molecule has 0 N–H and O–H groups in total. The summed E-state index contributed by atoms with van der Waals surface area (Å²) in [6.45, 7) is 11.9. The van der Waals surface area contributed by atoms with Gasteiger partial charge in [-0.05, 0) is 64.7 Å². The summed E-state index contributed by atoms with van der Waals surface area (Å²) in [5, 5.41) is 0. The van der Waals surface area contributed by atoms with Gasteiger partial charge >= 0.3 is 0 Å². The predicted octanol–water partition coefficient (Wildman–Crippen LogP) is 2.96. The van der Waals surface area contributed by atoms with E-state index < -0.39 is 0 Å². The van der Waals surface area contributed by atoms with Crippen molar-refractivity contribution in [2.45, 2.75) is 45.6 Å². The standard InChI is InChI=1S/C21H32N6/c1-3-21-23-14-18(15-24-21)16-26-12-7-19(8-13-26)20(6-9-22-2)25-17-27-10-4-5-11-27/h6,9,14-15,19H,2-5,7-8,10-13,16-17H2,1H3/b9-6-,25-20?. The lowest BCUT2D eigenvalue weighted by Crippen LogP contribution is -2.36. The summed E-state index contributed by atoms with van der Waals surface area (Å²) in [7, 11) is 0. The molecule has 27 heavy (non-hydrogen) atoms. The second-order valence-electron chi connectivity index (χ2n) is 7.46. The Kier molecular flexibility index (Phi) is 7.66. The SMILES string of the molecule is C=N/C=C\C(=NCN1CCCC1)C1CCN(Cc2cnc(CC)nc2)CC1. The van der Waals surface area contributed by atoms with Crippen molar-refractivity contribution in [3.8, 4) is 0 Å². The first-order valence-electron chi connectivity index (χ1n) is 10.2. The first-order valence-corrected chi connectivity index (χ1v) is 10.2. The zero-order valence-electron chi connectivity index (χ0n) is 16.6. The molecule has 6 heteroatoms. The molecule has 2 aliphatic rings. The van der Waals surface area contributed by atoms with E-state index in [9.17, 15) is 0 Å². The van der Waals surface area contributed by atoms with Crippen molar-refractivity contribution < 1.29 is 0 Å². The highest BCUT2D eigenvalue weighted by Gasteiger charge is 2.23. The molecule has 0 spiro atoms. The first-order chi connectivity index (χ1) is 13.3. The molecular weight excluding hydrogens is 336 g/mol. The number of likely N-dealkylation sites (tertiary alicyclic amines) is 2. The van der Waals surface area contributed by atoms with Crippen molar-refractivity contribution in [3.05, 3.63) is 36.1 Å². The molecule has 2 fully saturated rings. The maximum absolute atomic E-state index is 4.92. The Balaban J connectivity index is 1.53. The maximum atomic E-state index is 4.92. The summed E-state index contributed by atoms with van der Waals surface area (Å²) in [5.74, 6) is 1.43. The van der Waals surface area contributed by atoms with Crippen LogP contribution in [-0.4, -0.2) is 65.0 Å². The number of nitrogens with zero attached hydrogens (tertiary/aromatic N) is 6. The van der Waals surface area contributed by atoms with Crippen LogP contribution in [0.4, 0.5) is 0 Å².